The van der Waals surface area contributed by atoms with Crippen molar-refractivity contribution < 1.29 is 9.41 Å². The second-order valence-electron chi connectivity index (χ2n) is 2.84. The van der Waals surface area contributed by atoms with E-state index in [9.17, 15) is 4.39 Å². The van der Waals surface area contributed by atoms with Gasteiger partial charge in [-0.1, -0.05) is 19.4 Å². The maximum absolute atomic E-state index is 12.5. The minimum absolute atomic E-state index is 0.212. The molecule has 0 saturated heterocycles. The molecule has 0 saturated carbocycles. The third-order valence-corrected chi connectivity index (χ3v) is 2.17. The zero-order valence-electron chi connectivity index (χ0n) is 6.55. The molecule has 0 aromatic rings. The SMILES string of the molecule is CC[C@@]1([B]O)C=CC(F)=CC1. The van der Waals surface area contributed by atoms with Crippen LogP contribution in [0, 0.1) is 0 Å². The lowest BCUT2D eigenvalue weighted by atomic mass is 9.59. The van der Waals surface area contributed by atoms with Crippen molar-refractivity contribution in [3.05, 3.63) is 24.1 Å². The molecular formula is C8H11BFO. The summed E-state index contributed by atoms with van der Waals surface area (Å²) in [5.74, 6) is -0.212. The van der Waals surface area contributed by atoms with Crippen LogP contribution < -0.4 is 0 Å². The molecule has 3 heteroatoms. The van der Waals surface area contributed by atoms with E-state index in [0.717, 1.165) is 13.9 Å². The Kier molecular flexibility index (Phi) is 2.50. The fourth-order valence-electron chi connectivity index (χ4n) is 1.12. The normalized spacial score (nSPS) is 29.9. The van der Waals surface area contributed by atoms with Crippen molar-refractivity contribution >= 4 is 7.48 Å². The van der Waals surface area contributed by atoms with Crippen LogP contribution in [0.5, 0.6) is 0 Å². The molecule has 0 aromatic heterocycles. The van der Waals surface area contributed by atoms with Crippen LogP contribution in [0.3, 0.4) is 0 Å². The maximum Gasteiger partial charge on any atom is 0.298 e. The van der Waals surface area contributed by atoms with E-state index in [1.807, 2.05) is 6.92 Å². The van der Waals surface area contributed by atoms with Crippen LogP contribution in [0.2, 0.25) is 5.31 Å². The minimum Gasteiger partial charge on any atom is -0.453 e. The van der Waals surface area contributed by atoms with Gasteiger partial charge >= 0.3 is 0 Å². The Hall–Kier alpha value is -0.565. The first-order chi connectivity index (χ1) is 5.22. The van der Waals surface area contributed by atoms with Crippen molar-refractivity contribution in [2.24, 2.45) is 0 Å². The maximum atomic E-state index is 12.5. The topological polar surface area (TPSA) is 20.2 Å². The molecule has 0 aliphatic heterocycles. The lowest BCUT2D eigenvalue weighted by molar-refractivity contribution is 0.512. The van der Waals surface area contributed by atoms with Gasteiger partial charge in [0.2, 0.25) is 0 Å². The molecule has 11 heavy (non-hydrogen) atoms. The standard InChI is InChI=1S/C8H11BFO/c1-2-8(9-11)5-3-7(10)4-6-8/h3-5,11H,2,6H2,1H3/t8-/m1/s1. The molecule has 1 aliphatic rings. The van der Waals surface area contributed by atoms with Crippen molar-refractivity contribution in [1.29, 1.82) is 0 Å². The summed E-state index contributed by atoms with van der Waals surface area (Å²) in [4.78, 5) is 0. The van der Waals surface area contributed by atoms with Gasteiger partial charge in [-0.15, -0.1) is 0 Å². The molecule has 1 atom stereocenters. The number of rotatable bonds is 2. The van der Waals surface area contributed by atoms with E-state index in [1.165, 1.54) is 12.2 Å². The number of halogens is 1. The third-order valence-electron chi connectivity index (χ3n) is 2.17. The van der Waals surface area contributed by atoms with Gasteiger partial charge in [0.1, 0.15) is 5.83 Å². The van der Waals surface area contributed by atoms with Crippen LogP contribution in [0.4, 0.5) is 4.39 Å². The fourth-order valence-corrected chi connectivity index (χ4v) is 1.12. The van der Waals surface area contributed by atoms with Crippen LogP contribution in [0.1, 0.15) is 19.8 Å². The molecule has 0 heterocycles. The van der Waals surface area contributed by atoms with Gasteiger partial charge in [0.25, 0.3) is 7.48 Å². The highest BCUT2D eigenvalue weighted by Gasteiger charge is 2.27. The van der Waals surface area contributed by atoms with E-state index in [-0.39, 0.29) is 11.1 Å². The van der Waals surface area contributed by atoms with Gasteiger partial charge in [-0.3, -0.25) is 0 Å². The van der Waals surface area contributed by atoms with Gasteiger partial charge in [-0.25, -0.2) is 4.39 Å². The van der Waals surface area contributed by atoms with Crippen LogP contribution in [-0.2, 0) is 0 Å². The number of hydrogen-bond acceptors (Lipinski definition) is 1. The van der Waals surface area contributed by atoms with Crippen molar-refractivity contribution in [3.8, 4) is 0 Å². The van der Waals surface area contributed by atoms with E-state index in [1.54, 1.807) is 6.08 Å². The quantitative estimate of drug-likeness (QED) is 0.601. The monoisotopic (exact) mass is 153 g/mol. The molecule has 1 rings (SSSR count). The first kappa shape index (κ1) is 8.53. The largest absolute Gasteiger partial charge is 0.453 e. The average Bonchev–Trinajstić information content (AvgIpc) is 2.07. The molecule has 1 radical (unpaired) electrons. The highest BCUT2D eigenvalue weighted by Crippen LogP contribution is 2.38. The Morgan fingerprint density at radius 3 is 2.91 bits per heavy atom. The zero-order valence-corrected chi connectivity index (χ0v) is 6.55. The van der Waals surface area contributed by atoms with Crippen molar-refractivity contribution in [3.63, 3.8) is 0 Å². The lowest BCUT2D eigenvalue weighted by Gasteiger charge is -2.26. The van der Waals surface area contributed by atoms with Gasteiger partial charge in [-0.05, 0) is 23.9 Å². The van der Waals surface area contributed by atoms with Crippen molar-refractivity contribution in [1.82, 2.24) is 0 Å². The van der Waals surface area contributed by atoms with E-state index in [2.05, 4.69) is 0 Å². The molecule has 59 valence electrons. The summed E-state index contributed by atoms with van der Waals surface area (Å²) in [5.41, 5.74) is 0. The van der Waals surface area contributed by atoms with Gasteiger partial charge in [-0.2, -0.15) is 0 Å². The number of allylic oxidation sites excluding steroid dienone is 4. The third kappa shape index (κ3) is 1.72. The first-order valence-corrected chi connectivity index (χ1v) is 3.76. The van der Waals surface area contributed by atoms with Gasteiger partial charge < -0.3 is 5.02 Å². The summed E-state index contributed by atoms with van der Waals surface area (Å²) in [5, 5.41) is 8.58. The van der Waals surface area contributed by atoms with Crippen LogP contribution in [-0.4, -0.2) is 12.5 Å². The molecule has 0 amide bonds. The first-order valence-electron chi connectivity index (χ1n) is 3.76. The van der Waals surface area contributed by atoms with E-state index in [4.69, 9.17) is 5.02 Å². The fraction of sp³-hybridized carbons (Fsp3) is 0.500. The van der Waals surface area contributed by atoms with Crippen molar-refractivity contribution in [2.45, 2.75) is 25.1 Å². The predicted octanol–water partition coefficient (Wildman–Crippen LogP) is 1.98. The Bertz CT molecular complexity index is 194. The summed E-state index contributed by atoms with van der Waals surface area (Å²) in [6.07, 6.45) is 5.96. The Morgan fingerprint density at radius 2 is 2.55 bits per heavy atom. The number of hydrogen-bond donors (Lipinski definition) is 1. The smallest absolute Gasteiger partial charge is 0.298 e. The van der Waals surface area contributed by atoms with E-state index < -0.39 is 0 Å². The molecule has 0 unspecified atom stereocenters. The molecule has 1 N–H and O–H groups in total. The van der Waals surface area contributed by atoms with Crippen LogP contribution in [0.15, 0.2) is 24.1 Å². The van der Waals surface area contributed by atoms with Crippen molar-refractivity contribution in [2.75, 3.05) is 0 Å². The molecule has 0 bridgehead atoms. The summed E-state index contributed by atoms with van der Waals surface area (Å²) in [6, 6.07) is 0. The highest BCUT2D eigenvalue weighted by atomic mass is 19.1. The molecule has 0 fully saturated rings. The Balaban J connectivity index is 2.71. The summed E-state index contributed by atoms with van der Waals surface area (Å²) < 4.78 is 12.5. The van der Waals surface area contributed by atoms with Gasteiger partial charge in [0.05, 0.1) is 0 Å². The van der Waals surface area contributed by atoms with Crippen LogP contribution in [0.25, 0.3) is 0 Å². The van der Waals surface area contributed by atoms with Crippen LogP contribution >= 0.6 is 0 Å². The Labute approximate surface area is 66.9 Å². The average molecular weight is 153 g/mol. The predicted molar refractivity (Wildman–Crippen MR) is 43.9 cm³/mol. The van der Waals surface area contributed by atoms with E-state index in [0.29, 0.717) is 6.42 Å². The summed E-state index contributed by atoms with van der Waals surface area (Å²) in [6.45, 7) is 1.97. The second-order valence-corrected chi connectivity index (χ2v) is 2.84. The van der Waals surface area contributed by atoms with E-state index >= 15 is 0 Å². The molecule has 0 aromatic carbocycles. The molecule has 1 aliphatic carbocycles. The van der Waals surface area contributed by atoms with Gasteiger partial charge in [0.15, 0.2) is 0 Å². The summed E-state index contributed by atoms with van der Waals surface area (Å²) in [7, 11) is 1.15. The summed E-state index contributed by atoms with van der Waals surface area (Å²) >= 11 is 0. The highest BCUT2D eigenvalue weighted by molar-refractivity contribution is 6.31. The zero-order chi connectivity index (χ0) is 8.32. The lowest BCUT2D eigenvalue weighted by Crippen LogP contribution is -2.18. The minimum atomic E-state index is -0.324. The molecule has 1 nitrogen and oxygen atoms in total. The molecular weight excluding hydrogens is 142 g/mol. The van der Waals surface area contributed by atoms with Gasteiger partial charge in [0, 0.05) is 0 Å². The second kappa shape index (κ2) is 3.22. The molecule has 0 spiro atoms. The Morgan fingerprint density at radius 1 is 1.82 bits per heavy atom.